The first-order valence-corrected chi connectivity index (χ1v) is 7.55. The van der Waals surface area contributed by atoms with Crippen molar-refractivity contribution < 1.29 is 9.53 Å². The van der Waals surface area contributed by atoms with E-state index in [4.69, 9.17) is 10.5 Å². The van der Waals surface area contributed by atoms with E-state index in [2.05, 4.69) is 15.2 Å². The lowest BCUT2D eigenvalue weighted by Crippen LogP contribution is -2.07. The van der Waals surface area contributed by atoms with Gasteiger partial charge >= 0.3 is 5.97 Å². The van der Waals surface area contributed by atoms with Crippen molar-refractivity contribution in [1.29, 1.82) is 0 Å². The number of aromatic amines is 1. The molecular formula is C14H18N4O2S. The third kappa shape index (κ3) is 4.22. The van der Waals surface area contributed by atoms with E-state index < -0.39 is 0 Å². The predicted molar refractivity (Wildman–Crippen MR) is 81.3 cm³/mol. The van der Waals surface area contributed by atoms with Crippen molar-refractivity contribution in [3.8, 4) is 0 Å². The van der Waals surface area contributed by atoms with E-state index in [1.165, 1.54) is 11.8 Å². The lowest BCUT2D eigenvalue weighted by Gasteiger charge is -2.07. The summed E-state index contributed by atoms with van der Waals surface area (Å²) >= 11 is 1.35. The second-order valence-corrected chi connectivity index (χ2v) is 5.56. The standard InChI is InChI=1S/C14H18N4O2S/c1-3-4-7-20-13(19)10-5-6-12(11(15)8-10)21-14-16-9(2)17-18-14/h5-6,8H,3-4,7,15H2,1-2H3,(H,16,17,18). The fraction of sp³-hybridized carbons (Fsp3) is 0.357. The van der Waals surface area contributed by atoms with Crippen LogP contribution >= 0.6 is 11.8 Å². The van der Waals surface area contributed by atoms with E-state index in [1.807, 2.05) is 13.8 Å². The number of aryl methyl sites for hydroxylation is 1. The fourth-order valence-electron chi connectivity index (χ4n) is 1.63. The van der Waals surface area contributed by atoms with Crippen LogP contribution in [-0.4, -0.2) is 27.8 Å². The molecule has 2 rings (SSSR count). The van der Waals surface area contributed by atoms with Gasteiger partial charge in [-0.05, 0) is 43.3 Å². The van der Waals surface area contributed by atoms with Crippen molar-refractivity contribution in [3.05, 3.63) is 29.6 Å². The van der Waals surface area contributed by atoms with E-state index >= 15 is 0 Å². The molecule has 21 heavy (non-hydrogen) atoms. The largest absolute Gasteiger partial charge is 0.462 e. The third-order valence-electron chi connectivity index (χ3n) is 2.75. The fourth-order valence-corrected chi connectivity index (χ4v) is 2.41. The molecule has 0 saturated carbocycles. The minimum absolute atomic E-state index is 0.347. The van der Waals surface area contributed by atoms with Crippen LogP contribution in [0.15, 0.2) is 28.3 Å². The van der Waals surface area contributed by atoms with Gasteiger partial charge in [-0.3, -0.25) is 5.10 Å². The summed E-state index contributed by atoms with van der Waals surface area (Å²) in [7, 11) is 0. The summed E-state index contributed by atoms with van der Waals surface area (Å²) in [6, 6.07) is 5.10. The van der Waals surface area contributed by atoms with Crippen LogP contribution in [0.1, 0.15) is 35.9 Å². The summed E-state index contributed by atoms with van der Waals surface area (Å²) in [6.45, 7) is 4.31. The van der Waals surface area contributed by atoms with Crippen LogP contribution in [0.25, 0.3) is 0 Å². The molecule has 0 aliphatic heterocycles. The van der Waals surface area contributed by atoms with Crippen LogP contribution < -0.4 is 5.73 Å². The van der Waals surface area contributed by atoms with Crippen molar-refractivity contribution in [2.24, 2.45) is 0 Å². The van der Waals surface area contributed by atoms with E-state index in [9.17, 15) is 4.79 Å². The van der Waals surface area contributed by atoms with Crippen molar-refractivity contribution in [2.75, 3.05) is 12.3 Å². The number of nitrogen functional groups attached to an aromatic ring is 1. The molecule has 112 valence electrons. The minimum atomic E-state index is -0.347. The number of carbonyl (C=O) groups is 1. The Morgan fingerprint density at radius 1 is 1.48 bits per heavy atom. The van der Waals surface area contributed by atoms with Crippen LogP contribution in [0, 0.1) is 6.92 Å². The number of esters is 1. The van der Waals surface area contributed by atoms with Crippen LogP contribution in [0.2, 0.25) is 0 Å². The van der Waals surface area contributed by atoms with E-state index in [-0.39, 0.29) is 5.97 Å². The lowest BCUT2D eigenvalue weighted by molar-refractivity contribution is 0.0499. The molecule has 0 atom stereocenters. The number of nitrogens with zero attached hydrogens (tertiary/aromatic N) is 2. The van der Waals surface area contributed by atoms with Crippen LogP contribution in [0.4, 0.5) is 5.69 Å². The normalized spacial score (nSPS) is 10.6. The number of nitrogens with one attached hydrogen (secondary N) is 1. The third-order valence-corrected chi connectivity index (χ3v) is 3.71. The molecule has 0 spiro atoms. The molecule has 0 amide bonds. The average molecular weight is 306 g/mol. The first-order valence-electron chi connectivity index (χ1n) is 6.73. The maximum atomic E-state index is 11.8. The van der Waals surface area contributed by atoms with Gasteiger partial charge < -0.3 is 10.5 Å². The number of H-pyrrole nitrogens is 1. The maximum absolute atomic E-state index is 11.8. The van der Waals surface area contributed by atoms with Crippen LogP contribution in [-0.2, 0) is 4.74 Å². The molecule has 0 aliphatic carbocycles. The average Bonchev–Trinajstić information content (AvgIpc) is 2.86. The molecule has 0 saturated heterocycles. The summed E-state index contributed by atoms with van der Waals surface area (Å²) in [5, 5.41) is 7.40. The Bertz CT molecular complexity index is 627. The molecule has 1 aromatic heterocycles. The molecule has 0 unspecified atom stereocenters. The van der Waals surface area contributed by atoms with Gasteiger partial charge in [0.1, 0.15) is 5.82 Å². The number of ether oxygens (including phenoxy) is 1. The van der Waals surface area contributed by atoms with Gasteiger partial charge in [0.05, 0.1) is 12.2 Å². The summed E-state index contributed by atoms with van der Waals surface area (Å²) in [6.07, 6.45) is 1.85. The van der Waals surface area contributed by atoms with Crippen molar-refractivity contribution >= 4 is 23.4 Å². The highest BCUT2D eigenvalue weighted by Gasteiger charge is 2.11. The number of carbonyl (C=O) groups excluding carboxylic acids is 1. The smallest absolute Gasteiger partial charge is 0.338 e. The van der Waals surface area contributed by atoms with Gasteiger partial charge in [0.15, 0.2) is 0 Å². The first kappa shape index (κ1) is 15.4. The number of unbranched alkanes of at least 4 members (excludes halogenated alkanes) is 1. The molecule has 0 radical (unpaired) electrons. The van der Waals surface area contributed by atoms with Gasteiger partial charge in [-0.2, -0.15) is 0 Å². The quantitative estimate of drug-likeness (QED) is 0.484. The van der Waals surface area contributed by atoms with Crippen molar-refractivity contribution in [3.63, 3.8) is 0 Å². The van der Waals surface area contributed by atoms with Crippen LogP contribution in [0.3, 0.4) is 0 Å². The van der Waals surface area contributed by atoms with Crippen molar-refractivity contribution in [1.82, 2.24) is 15.2 Å². The maximum Gasteiger partial charge on any atom is 0.338 e. The van der Waals surface area contributed by atoms with Gasteiger partial charge in [-0.25, -0.2) is 9.78 Å². The molecule has 2 aromatic rings. The summed E-state index contributed by atoms with van der Waals surface area (Å²) < 4.78 is 5.15. The molecule has 7 heteroatoms. The molecule has 0 fully saturated rings. The van der Waals surface area contributed by atoms with Crippen molar-refractivity contribution in [2.45, 2.75) is 36.7 Å². The number of rotatable bonds is 6. The van der Waals surface area contributed by atoms with Gasteiger partial charge in [-0.15, -0.1) is 5.10 Å². The Kier molecular flexibility index (Phi) is 5.21. The highest BCUT2D eigenvalue weighted by molar-refractivity contribution is 7.99. The zero-order chi connectivity index (χ0) is 15.2. The number of aromatic nitrogens is 3. The summed E-state index contributed by atoms with van der Waals surface area (Å²) in [5.41, 5.74) is 6.94. The molecule has 0 bridgehead atoms. The number of anilines is 1. The Labute approximate surface area is 127 Å². The molecule has 1 heterocycles. The zero-order valence-electron chi connectivity index (χ0n) is 12.0. The van der Waals surface area contributed by atoms with Gasteiger partial charge in [-0.1, -0.05) is 13.3 Å². The second-order valence-electron chi connectivity index (χ2n) is 4.55. The number of hydrogen-bond acceptors (Lipinski definition) is 6. The number of nitrogens with two attached hydrogens (primary N) is 1. The Balaban J connectivity index is 2.04. The SMILES string of the molecule is CCCCOC(=O)c1ccc(Sc2n[nH]c(C)n2)c(N)c1. The minimum Gasteiger partial charge on any atom is -0.462 e. The molecule has 6 nitrogen and oxygen atoms in total. The van der Waals surface area contributed by atoms with Crippen LogP contribution in [0.5, 0.6) is 0 Å². The summed E-state index contributed by atoms with van der Waals surface area (Å²) in [5.74, 6) is 0.396. The predicted octanol–water partition coefficient (Wildman–Crippen LogP) is 2.80. The van der Waals surface area contributed by atoms with Gasteiger partial charge in [0.25, 0.3) is 0 Å². The monoisotopic (exact) mass is 306 g/mol. The molecule has 3 N–H and O–H groups in total. The van der Waals surface area contributed by atoms with E-state index in [1.54, 1.807) is 18.2 Å². The molecular weight excluding hydrogens is 288 g/mol. The highest BCUT2D eigenvalue weighted by Crippen LogP contribution is 2.30. The van der Waals surface area contributed by atoms with Gasteiger partial charge in [0.2, 0.25) is 5.16 Å². The highest BCUT2D eigenvalue weighted by atomic mass is 32.2. The van der Waals surface area contributed by atoms with Gasteiger partial charge in [0, 0.05) is 10.6 Å². The Morgan fingerprint density at radius 3 is 2.90 bits per heavy atom. The molecule has 0 aliphatic rings. The first-order chi connectivity index (χ1) is 10.1. The number of hydrogen-bond donors (Lipinski definition) is 2. The Morgan fingerprint density at radius 2 is 2.29 bits per heavy atom. The lowest BCUT2D eigenvalue weighted by atomic mass is 10.2. The zero-order valence-corrected chi connectivity index (χ0v) is 12.9. The topological polar surface area (TPSA) is 93.9 Å². The second kappa shape index (κ2) is 7.12. The number of benzene rings is 1. The van der Waals surface area contributed by atoms with E-state index in [0.717, 1.165) is 23.6 Å². The summed E-state index contributed by atoms with van der Waals surface area (Å²) in [4.78, 5) is 16.8. The Hall–Kier alpha value is -2.02. The molecule has 1 aromatic carbocycles. The van der Waals surface area contributed by atoms with E-state index in [0.29, 0.717) is 23.0 Å².